The fourth-order valence-electron chi connectivity index (χ4n) is 11.8. The number of esters is 1. The van der Waals surface area contributed by atoms with Gasteiger partial charge in [-0.05, 0) is 57.8 Å². The molecule has 0 aliphatic carbocycles. The molecule has 0 saturated carbocycles. The van der Waals surface area contributed by atoms with E-state index < -0.39 is 12.1 Å². The molecule has 0 aromatic heterocycles. The predicted octanol–water partition coefficient (Wildman–Crippen LogP) is 24.1. The minimum absolute atomic E-state index is 0.0258. The number of unbranched alkanes of at least 4 members (excludes halogenated alkanes) is 57. The van der Waals surface area contributed by atoms with Crippen molar-refractivity contribution in [3.05, 3.63) is 24.3 Å². The molecule has 0 radical (unpaired) electrons. The summed E-state index contributed by atoms with van der Waals surface area (Å²) in [6.45, 7) is 4.92. The number of aliphatic hydroxyl groups excluding tert-OH is 2. The van der Waals surface area contributed by atoms with Crippen LogP contribution in [0, 0.1) is 0 Å². The Kier molecular flexibility index (Phi) is 69.4. The van der Waals surface area contributed by atoms with E-state index in [0.717, 1.165) is 38.5 Å². The van der Waals surface area contributed by atoms with Crippen molar-refractivity contribution >= 4 is 11.9 Å². The van der Waals surface area contributed by atoms with Gasteiger partial charge in [0.2, 0.25) is 5.91 Å². The van der Waals surface area contributed by atoms with Crippen LogP contribution < -0.4 is 5.32 Å². The SMILES string of the molecule is CCCCCCCCCC/C=C/C(O)C(CO)NC(=O)CCCCCCCCCCCCCCCCCCC/C=C\CCCCCCCCCCCCCCCCCCCCOC(=O)CCCCCCCCCCCCCCCCC. The van der Waals surface area contributed by atoms with Crippen LogP contribution in [0.2, 0.25) is 0 Å². The highest BCUT2D eigenvalue weighted by Crippen LogP contribution is 2.19. The van der Waals surface area contributed by atoms with Crippen molar-refractivity contribution in [2.75, 3.05) is 13.2 Å². The summed E-state index contributed by atoms with van der Waals surface area (Å²) in [5.74, 6) is -0.0379. The molecule has 81 heavy (non-hydrogen) atoms. The van der Waals surface area contributed by atoms with Gasteiger partial charge in [0.1, 0.15) is 0 Å². The molecular formula is C75H145NO5. The Morgan fingerprint density at radius 3 is 0.877 bits per heavy atom. The number of rotatable bonds is 70. The molecule has 0 bridgehead atoms. The summed E-state index contributed by atoms with van der Waals surface area (Å²) in [6, 6.07) is -0.622. The molecule has 0 aliphatic heterocycles. The topological polar surface area (TPSA) is 95.9 Å². The predicted molar refractivity (Wildman–Crippen MR) is 356 cm³/mol. The maximum atomic E-state index is 12.4. The van der Waals surface area contributed by atoms with E-state index in [1.165, 1.54) is 353 Å². The zero-order valence-electron chi connectivity index (χ0n) is 55.0. The smallest absolute Gasteiger partial charge is 0.305 e. The van der Waals surface area contributed by atoms with Crippen molar-refractivity contribution in [2.45, 2.75) is 431 Å². The van der Waals surface area contributed by atoms with Crippen LogP contribution in [0.15, 0.2) is 24.3 Å². The lowest BCUT2D eigenvalue weighted by molar-refractivity contribution is -0.143. The highest BCUT2D eigenvalue weighted by Gasteiger charge is 2.18. The van der Waals surface area contributed by atoms with Gasteiger partial charge in [-0.3, -0.25) is 9.59 Å². The van der Waals surface area contributed by atoms with E-state index in [-0.39, 0.29) is 18.5 Å². The van der Waals surface area contributed by atoms with Gasteiger partial charge in [0.15, 0.2) is 0 Å². The number of carbonyl (C=O) groups excluding carboxylic acids is 2. The standard InChI is InChI=1S/C75H145NO5/c1-3-5-7-9-11-13-15-16-42-46-49-53-57-61-65-69-75(80)81-70-66-62-58-54-50-47-44-41-39-37-35-33-31-29-27-25-23-21-19-17-18-20-22-24-26-28-30-32-34-36-38-40-43-45-48-52-56-60-64-68-74(79)76-72(71-77)73(78)67-63-59-55-51-14-12-10-8-6-4-2/h17-18,63,67,72-73,77-78H,3-16,19-62,64-66,68-71H2,1-2H3,(H,76,79)/b18-17-,67-63+. The molecule has 480 valence electrons. The van der Waals surface area contributed by atoms with Crippen molar-refractivity contribution in [1.82, 2.24) is 5.32 Å². The number of hydrogen-bond acceptors (Lipinski definition) is 5. The number of allylic oxidation sites excluding steroid dienone is 3. The van der Waals surface area contributed by atoms with Crippen LogP contribution in [-0.2, 0) is 14.3 Å². The number of amides is 1. The fourth-order valence-corrected chi connectivity index (χ4v) is 11.8. The van der Waals surface area contributed by atoms with Crippen LogP contribution in [0.4, 0.5) is 0 Å². The van der Waals surface area contributed by atoms with Crippen molar-refractivity contribution in [2.24, 2.45) is 0 Å². The average molecular weight is 1140 g/mol. The molecule has 2 atom stereocenters. The van der Waals surface area contributed by atoms with Gasteiger partial charge in [-0.1, -0.05) is 372 Å². The van der Waals surface area contributed by atoms with Gasteiger partial charge in [-0.25, -0.2) is 0 Å². The lowest BCUT2D eigenvalue weighted by Gasteiger charge is -2.20. The summed E-state index contributed by atoms with van der Waals surface area (Å²) in [7, 11) is 0. The van der Waals surface area contributed by atoms with Gasteiger partial charge < -0.3 is 20.3 Å². The number of aliphatic hydroxyl groups is 2. The first kappa shape index (κ1) is 79.3. The second-order valence-corrected chi connectivity index (χ2v) is 25.6. The van der Waals surface area contributed by atoms with Crippen LogP contribution in [0.5, 0.6) is 0 Å². The van der Waals surface area contributed by atoms with Crippen LogP contribution in [0.3, 0.4) is 0 Å². The molecule has 0 fully saturated rings. The molecule has 1 amide bonds. The van der Waals surface area contributed by atoms with Crippen LogP contribution >= 0.6 is 0 Å². The fraction of sp³-hybridized carbons (Fsp3) is 0.920. The van der Waals surface area contributed by atoms with Gasteiger partial charge in [0, 0.05) is 12.8 Å². The summed E-state index contributed by atoms with van der Waals surface area (Å²) in [6.07, 6.45) is 90.2. The Labute approximate surface area is 507 Å². The van der Waals surface area contributed by atoms with Gasteiger partial charge in [-0.15, -0.1) is 0 Å². The highest BCUT2D eigenvalue weighted by atomic mass is 16.5. The molecule has 6 heteroatoms. The molecule has 0 aromatic rings. The Morgan fingerprint density at radius 2 is 0.580 bits per heavy atom. The molecule has 0 saturated heterocycles. The Bertz CT molecular complexity index is 1270. The summed E-state index contributed by atoms with van der Waals surface area (Å²) in [5.41, 5.74) is 0. The Morgan fingerprint density at radius 1 is 0.333 bits per heavy atom. The third-order valence-electron chi connectivity index (χ3n) is 17.5. The minimum Gasteiger partial charge on any atom is -0.466 e. The largest absolute Gasteiger partial charge is 0.466 e. The van der Waals surface area contributed by atoms with Gasteiger partial charge in [-0.2, -0.15) is 0 Å². The number of hydrogen-bond donors (Lipinski definition) is 3. The number of nitrogens with one attached hydrogen (secondary N) is 1. The molecular weight excluding hydrogens is 995 g/mol. The van der Waals surface area contributed by atoms with E-state index >= 15 is 0 Å². The summed E-state index contributed by atoms with van der Waals surface area (Å²) < 4.78 is 5.50. The molecule has 0 spiro atoms. The maximum absolute atomic E-state index is 12.4. The molecule has 0 aliphatic rings. The summed E-state index contributed by atoms with van der Waals surface area (Å²) in [5, 5.41) is 23.0. The summed E-state index contributed by atoms with van der Waals surface area (Å²) in [4.78, 5) is 24.5. The zero-order valence-corrected chi connectivity index (χ0v) is 55.0. The molecule has 2 unspecified atom stereocenters. The van der Waals surface area contributed by atoms with Crippen molar-refractivity contribution in [3.8, 4) is 0 Å². The van der Waals surface area contributed by atoms with Crippen molar-refractivity contribution in [1.29, 1.82) is 0 Å². The molecule has 6 nitrogen and oxygen atoms in total. The monoisotopic (exact) mass is 1140 g/mol. The highest BCUT2D eigenvalue weighted by molar-refractivity contribution is 5.76. The molecule has 3 N–H and O–H groups in total. The van der Waals surface area contributed by atoms with Crippen LogP contribution in [0.25, 0.3) is 0 Å². The first-order chi connectivity index (χ1) is 40.0. The average Bonchev–Trinajstić information content (AvgIpc) is 3.47. The van der Waals surface area contributed by atoms with Crippen molar-refractivity contribution in [3.63, 3.8) is 0 Å². The molecule has 0 rings (SSSR count). The normalized spacial score (nSPS) is 12.6. The van der Waals surface area contributed by atoms with E-state index in [2.05, 4.69) is 31.3 Å². The second-order valence-electron chi connectivity index (χ2n) is 25.6. The maximum Gasteiger partial charge on any atom is 0.305 e. The second kappa shape index (κ2) is 70.8. The molecule has 0 aromatic carbocycles. The van der Waals surface area contributed by atoms with Gasteiger partial charge >= 0.3 is 5.97 Å². The van der Waals surface area contributed by atoms with E-state index in [4.69, 9.17) is 4.74 Å². The number of ether oxygens (including phenoxy) is 1. The van der Waals surface area contributed by atoms with E-state index in [9.17, 15) is 19.8 Å². The first-order valence-electron chi connectivity index (χ1n) is 37.1. The molecule has 0 heterocycles. The van der Waals surface area contributed by atoms with Crippen molar-refractivity contribution < 1.29 is 24.5 Å². The Balaban J connectivity index is 3.29. The lowest BCUT2D eigenvalue weighted by atomic mass is 10.0. The van der Waals surface area contributed by atoms with Gasteiger partial charge in [0.05, 0.1) is 25.4 Å². The zero-order chi connectivity index (χ0) is 58.5. The lowest BCUT2D eigenvalue weighted by Crippen LogP contribution is -2.45. The van der Waals surface area contributed by atoms with Crippen LogP contribution in [0.1, 0.15) is 418 Å². The van der Waals surface area contributed by atoms with Gasteiger partial charge in [0.25, 0.3) is 0 Å². The first-order valence-corrected chi connectivity index (χ1v) is 37.1. The third-order valence-corrected chi connectivity index (χ3v) is 17.5. The Hall–Kier alpha value is -1.66. The van der Waals surface area contributed by atoms with E-state index in [1.807, 2.05) is 6.08 Å². The van der Waals surface area contributed by atoms with Crippen LogP contribution in [-0.4, -0.2) is 47.4 Å². The van der Waals surface area contributed by atoms with E-state index in [0.29, 0.717) is 19.4 Å². The third kappa shape index (κ3) is 67.3. The number of carbonyl (C=O) groups is 2. The summed E-state index contributed by atoms with van der Waals surface area (Å²) >= 11 is 0. The minimum atomic E-state index is -0.839. The van der Waals surface area contributed by atoms with E-state index in [1.54, 1.807) is 6.08 Å². The quantitative estimate of drug-likeness (QED) is 0.0320.